The fourth-order valence-corrected chi connectivity index (χ4v) is 1.02. The van der Waals surface area contributed by atoms with Gasteiger partial charge in [-0.1, -0.05) is 6.07 Å². The molecule has 1 aromatic rings. The van der Waals surface area contributed by atoms with Crippen LogP contribution >= 0.6 is 0 Å². The van der Waals surface area contributed by atoms with Gasteiger partial charge >= 0.3 is 0 Å². The van der Waals surface area contributed by atoms with Gasteiger partial charge in [-0.2, -0.15) is 0 Å². The van der Waals surface area contributed by atoms with Crippen LogP contribution in [0.15, 0.2) is 24.3 Å². The van der Waals surface area contributed by atoms with E-state index in [1.54, 1.807) is 0 Å². The molecule has 0 aliphatic carbocycles. The molecular weight excluding hydrogens is 218 g/mol. The van der Waals surface area contributed by atoms with Gasteiger partial charge in [0.15, 0.2) is 0 Å². The van der Waals surface area contributed by atoms with E-state index < -0.39 is 22.3 Å². The number of carbonyl (C=O) groups excluding carboxylic acids is 1. The quantitative estimate of drug-likeness (QED) is 0.601. The zero-order valence-corrected chi connectivity index (χ0v) is 7.95. The van der Waals surface area contributed by atoms with Crippen molar-refractivity contribution < 1.29 is 14.6 Å². The second-order valence-corrected chi connectivity index (χ2v) is 2.85. The Morgan fingerprint density at radius 3 is 2.56 bits per heavy atom. The Balaban J connectivity index is 2.74. The Morgan fingerprint density at radius 2 is 2.00 bits per heavy atom. The Bertz CT molecular complexity index is 445. The number of benzene rings is 1. The summed E-state index contributed by atoms with van der Waals surface area (Å²) in [5.41, 5.74) is -0.0417. The topological polar surface area (TPSA) is 115 Å². The number of nitrogens with one attached hydrogen (secondary N) is 1. The van der Waals surface area contributed by atoms with Gasteiger partial charge in [-0.25, -0.2) is 0 Å². The van der Waals surface area contributed by atoms with E-state index in [9.17, 15) is 25.0 Å². The molecule has 0 heterocycles. The highest BCUT2D eigenvalue weighted by atomic mass is 16.6. The highest BCUT2D eigenvalue weighted by molar-refractivity contribution is 5.91. The van der Waals surface area contributed by atoms with Crippen molar-refractivity contribution in [2.24, 2.45) is 0 Å². The Hall–Kier alpha value is -2.51. The molecule has 84 valence electrons. The lowest BCUT2D eigenvalue weighted by molar-refractivity contribution is -0.467. The van der Waals surface area contributed by atoms with Crippen molar-refractivity contribution in [1.29, 1.82) is 0 Å². The zero-order chi connectivity index (χ0) is 12.1. The summed E-state index contributed by atoms with van der Waals surface area (Å²) in [5.74, 6) is -0.828. The molecule has 0 radical (unpaired) electrons. The number of nitro groups is 2. The first-order valence-corrected chi connectivity index (χ1v) is 4.15. The van der Waals surface area contributed by atoms with Crippen molar-refractivity contribution in [3.8, 4) is 0 Å². The SMILES string of the molecule is O=C(C[N+](=O)[O-])Nc1cccc([N+](=O)[O-])c1. The summed E-state index contributed by atoms with van der Waals surface area (Å²) in [5, 5.41) is 22.6. The predicted octanol–water partition coefficient (Wildman–Crippen LogP) is 0.810. The molecule has 0 aromatic heterocycles. The Morgan fingerprint density at radius 1 is 1.31 bits per heavy atom. The van der Waals surface area contributed by atoms with Gasteiger partial charge in [0, 0.05) is 22.7 Å². The van der Waals surface area contributed by atoms with E-state index in [0.29, 0.717) is 0 Å². The van der Waals surface area contributed by atoms with Crippen LogP contribution in [0, 0.1) is 20.2 Å². The number of rotatable bonds is 4. The minimum absolute atomic E-state index is 0.154. The van der Waals surface area contributed by atoms with E-state index in [-0.39, 0.29) is 11.4 Å². The molecule has 0 aliphatic rings. The number of anilines is 1. The Labute approximate surface area is 89.2 Å². The average Bonchev–Trinajstić information content (AvgIpc) is 2.16. The van der Waals surface area contributed by atoms with Crippen LogP contribution < -0.4 is 5.32 Å². The molecule has 0 fully saturated rings. The number of hydrogen-bond acceptors (Lipinski definition) is 5. The van der Waals surface area contributed by atoms with E-state index in [0.717, 1.165) is 6.07 Å². The first-order chi connectivity index (χ1) is 7.49. The molecule has 0 spiro atoms. The molecule has 8 heteroatoms. The number of non-ortho nitro benzene ring substituents is 1. The third kappa shape index (κ3) is 3.33. The van der Waals surface area contributed by atoms with E-state index >= 15 is 0 Å². The lowest BCUT2D eigenvalue weighted by atomic mass is 10.3. The van der Waals surface area contributed by atoms with Crippen LogP contribution in [-0.2, 0) is 4.79 Å². The molecule has 1 amide bonds. The van der Waals surface area contributed by atoms with Crippen molar-refractivity contribution >= 4 is 17.3 Å². The van der Waals surface area contributed by atoms with Crippen LogP contribution in [0.2, 0.25) is 0 Å². The maximum Gasteiger partial charge on any atom is 0.296 e. The first kappa shape index (κ1) is 11.6. The first-order valence-electron chi connectivity index (χ1n) is 4.15. The lowest BCUT2D eigenvalue weighted by Crippen LogP contribution is -2.21. The molecule has 16 heavy (non-hydrogen) atoms. The van der Waals surface area contributed by atoms with Crippen molar-refractivity contribution in [3.05, 3.63) is 44.5 Å². The maximum absolute atomic E-state index is 11.0. The van der Waals surface area contributed by atoms with Gasteiger partial charge < -0.3 is 5.32 Å². The fourth-order valence-electron chi connectivity index (χ4n) is 1.02. The van der Waals surface area contributed by atoms with Crippen molar-refractivity contribution in [2.45, 2.75) is 0 Å². The monoisotopic (exact) mass is 225 g/mol. The predicted molar refractivity (Wildman–Crippen MR) is 53.6 cm³/mol. The molecule has 0 aliphatic heterocycles. The van der Waals surface area contributed by atoms with Gasteiger partial charge in [-0.15, -0.1) is 0 Å². The third-order valence-corrected chi connectivity index (χ3v) is 1.61. The molecule has 0 saturated carbocycles. The van der Waals surface area contributed by atoms with Crippen LogP contribution in [0.1, 0.15) is 0 Å². The molecule has 0 atom stereocenters. The van der Waals surface area contributed by atoms with E-state index in [4.69, 9.17) is 0 Å². The highest BCUT2D eigenvalue weighted by Crippen LogP contribution is 2.16. The summed E-state index contributed by atoms with van der Waals surface area (Å²) >= 11 is 0. The van der Waals surface area contributed by atoms with Crippen LogP contribution in [-0.4, -0.2) is 22.3 Å². The van der Waals surface area contributed by atoms with Crippen LogP contribution in [0.4, 0.5) is 11.4 Å². The van der Waals surface area contributed by atoms with E-state index in [1.807, 2.05) is 0 Å². The fraction of sp³-hybridized carbons (Fsp3) is 0.125. The van der Waals surface area contributed by atoms with Crippen molar-refractivity contribution in [2.75, 3.05) is 11.9 Å². The van der Waals surface area contributed by atoms with Crippen molar-refractivity contribution in [3.63, 3.8) is 0 Å². The van der Waals surface area contributed by atoms with Crippen molar-refractivity contribution in [1.82, 2.24) is 0 Å². The molecular formula is C8H7N3O5. The molecule has 1 N–H and O–H groups in total. The molecule has 8 nitrogen and oxygen atoms in total. The Kier molecular flexibility index (Phi) is 3.49. The third-order valence-electron chi connectivity index (χ3n) is 1.61. The average molecular weight is 225 g/mol. The van der Waals surface area contributed by atoms with Gasteiger partial charge in [-0.3, -0.25) is 25.0 Å². The normalized spacial score (nSPS) is 9.50. The summed E-state index contributed by atoms with van der Waals surface area (Å²) in [6, 6.07) is 5.16. The molecule has 0 unspecified atom stereocenters. The second-order valence-electron chi connectivity index (χ2n) is 2.85. The number of carbonyl (C=O) groups is 1. The molecule has 0 saturated heterocycles. The van der Waals surface area contributed by atoms with E-state index in [2.05, 4.69) is 5.32 Å². The number of nitro benzene ring substituents is 1. The number of amides is 1. The minimum atomic E-state index is -0.872. The van der Waals surface area contributed by atoms with Crippen LogP contribution in [0.25, 0.3) is 0 Å². The van der Waals surface area contributed by atoms with Gasteiger partial charge in [0.1, 0.15) is 0 Å². The molecule has 1 aromatic carbocycles. The van der Waals surface area contributed by atoms with Gasteiger partial charge in [0.2, 0.25) is 0 Å². The number of hydrogen-bond donors (Lipinski definition) is 1. The summed E-state index contributed by atoms with van der Waals surface area (Å²) in [6.45, 7) is -0.872. The summed E-state index contributed by atoms with van der Waals surface area (Å²) < 4.78 is 0. The number of nitrogens with zero attached hydrogens (tertiary/aromatic N) is 2. The van der Waals surface area contributed by atoms with Crippen LogP contribution in [0.3, 0.4) is 0 Å². The van der Waals surface area contributed by atoms with Gasteiger partial charge in [-0.05, 0) is 6.07 Å². The van der Waals surface area contributed by atoms with E-state index in [1.165, 1.54) is 18.2 Å². The largest absolute Gasteiger partial charge is 0.320 e. The van der Waals surface area contributed by atoms with Crippen LogP contribution in [0.5, 0.6) is 0 Å². The lowest BCUT2D eigenvalue weighted by Gasteiger charge is -2.01. The maximum atomic E-state index is 11.0. The van der Waals surface area contributed by atoms with Gasteiger partial charge in [0.25, 0.3) is 18.1 Å². The summed E-state index contributed by atoms with van der Waals surface area (Å²) in [7, 11) is 0. The highest BCUT2D eigenvalue weighted by Gasteiger charge is 2.11. The molecule has 1 rings (SSSR count). The second kappa shape index (κ2) is 4.82. The minimum Gasteiger partial charge on any atom is -0.320 e. The summed E-state index contributed by atoms with van der Waals surface area (Å²) in [4.78, 5) is 30.0. The standard InChI is InChI=1S/C8H7N3O5/c12-8(5-10(13)14)9-6-2-1-3-7(4-6)11(15)16/h1-4H,5H2,(H,9,12). The smallest absolute Gasteiger partial charge is 0.296 e. The summed E-state index contributed by atoms with van der Waals surface area (Å²) in [6.07, 6.45) is 0. The molecule has 0 bridgehead atoms. The zero-order valence-electron chi connectivity index (χ0n) is 7.95. The van der Waals surface area contributed by atoms with Gasteiger partial charge in [0.05, 0.1) is 4.92 Å².